The molecule has 2 aromatic rings. The topological polar surface area (TPSA) is 84.9 Å². The number of nitrogens with one attached hydrogen (secondary N) is 1. The molecule has 0 unspecified atom stereocenters. The highest BCUT2D eigenvalue weighted by Gasteiger charge is 2.41. The molecule has 1 heterocycles. The molecular weight excluding hydrogens is 430 g/mol. The highest BCUT2D eigenvalue weighted by Crippen LogP contribution is 2.46. The molecule has 0 spiro atoms. The van der Waals surface area contributed by atoms with E-state index in [1.165, 1.54) is 13.2 Å². The zero-order valence-electron chi connectivity index (χ0n) is 20.1. The number of aromatic hydroxyl groups is 1. The molecule has 0 bridgehead atoms. The molecular formula is C28H31NO5. The van der Waals surface area contributed by atoms with Crippen LogP contribution >= 0.6 is 0 Å². The van der Waals surface area contributed by atoms with Gasteiger partial charge in [-0.05, 0) is 48.4 Å². The van der Waals surface area contributed by atoms with Gasteiger partial charge in [-0.25, -0.2) is 4.79 Å². The van der Waals surface area contributed by atoms with Gasteiger partial charge in [-0.1, -0.05) is 50.2 Å². The lowest BCUT2D eigenvalue weighted by molar-refractivity contribution is -0.140. The number of hydrogen-bond donors (Lipinski definition) is 2. The summed E-state index contributed by atoms with van der Waals surface area (Å²) in [6.45, 7) is 6.09. The van der Waals surface area contributed by atoms with Gasteiger partial charge in [-0.2, -0.15) is 0 Å². The summed E-state index contributed by atoms with van der Waals surface area (Å²) in [6, 6.07) is 15.0. The second kappa shape index (κ2) is 9.75. The molecule has 2 aliphatic rings. The SMILES string of the molecule is COc1cc([C@H]2C(C(=O)OCC(C)C)=C(C)NC3=C2C(=O)C[C@H](c2ccccc2)C3)ccc1O. The highest BCUT2D eigenvalue weighted by molar-refractivity contribution is 6.04. The van der Waals surface area contributed by atoms with E-state index in [2.05, 4.69) is 5.32 Å². The van der Waals surface area contributed by atoms with Crippen molar-refractivity contribution in [1.29, 1.82) is 0 Å². The number of Topliss-reactive ketones (excluding diaryl/α,β-unsaturated/α-hetero) is 1. The van der Waals surface area contributed by atoms with Crippen molar-refractivity contribution < 1.29 is 24.2 Å². The number of ether oxygens (including phenoxy) is 2. The first kappa shape index (κ1) is 23.6. The Bertz CT molecular complexity index is 1160. The molecule has 4 rings (SSSR count). The summed E-state index contributed by atoms with van der Waals surface area (Å²) in [6.07, 6.45) is 1.03. The molecule has 0 amide bonds. The van der Waals surface area contributed by atoms with E-state index in [0.29, 0.717) is 35.2 Å². The Kier molecular flexibility index (Phi) is 6.77. The van der Waals surface area contributed by atoms with E-state index < -0.39 is 11.9 Å². The van der Waals surface area contributed by atoms with Crippen molar-refractivity contribution >= 4 is 11.8 Å². The largest absolute Gasteiger partial charge is 0.504 e. The van der Waals surface area contributed by atoms with Crippen LogP contribution in [0.5, 0.6) is 11.5 Å². The van der Waals surface area contributed by atoms with E-state index in [1.54, 1.807) is 12.1 Å². The summed E-state index contributed by atoms with van der Waals surface area (Å²) in [5.41, 5.74) is 4.33. The standard InChI is InChI=1S/C28H31NO5/c1-16(2)15-34-28(32)25-17(3)29-21-12-20(18-8-6-5-7-9-18)13-23(31)27(21)26(25)19-10-11-22(30)24(14-19)33-4/h5-11,14,16,20,26,29-30H,12-13,15H2,1-4H3/t20-,26+/m1/s1. The third-order valence-corrected chi connectivity index (χ3v) is 6.40. The van der Waals surface area contributed by atoms with Crippen molar-refractivity contribution in [3.05, 3.63) is 82.2 Å². The van der Waals surface area contributed by atoms with Gasteiger partial charge in [0.25, 0.3) is 0 Å². The molecule has 0 saturated carbocycles. The molecule has 1 aliphatic heterocycles. The van der Waals surface area contributed by atoms with Crippen LogP contribution in [0.1, 0.15) is 56.6 Å². The van der Waals surface area contributed by atoms with Gasteiger partial charge in [0.15, 0.2) is 17.3 Å². The predicted octanol–water partition coefficient (Wildman–Crippen LogP) is 4.96. The van der Waals surface area contributed by atoms with Gasteiger partial charge < -0.3 is 19.9 Å². The minimum Gasteiger partial charge on any atom is -0.504 e. The number of esters is 1. The Morgan fingerprint density at radius 3 is 2.53 bits per heavy atom. The first-order valence-corrected chi connectivity index (χ1v) is 11.6. The number of dihydropyridines is 1. The van der Waals surface area contributed by atoms with Crippen LogP contribution in [0, 0.1) is 5.92 Å². The lowest BCUT2D eigenvalue weighted by atomic mass is 9.71. The third-order valence-electron chi connectivity index (χ3n) is 6.40. The fourth-order valence-corrected chi connectivity index (χ4v) is 4.80. The van der Waals surface area contributed by atoms with Gasteiger partial charge in [0.2, 0.25) is 0 Å². The van der Waals surface area contributed by atoms with Gasteiger partial charge in [-0.15, -0.1) is 0 Å². The normalized spacial score (nSPS) is 20.2. The predicted molar refractivity (Wildman–Crippen MR) is 129 cm³/mol. The van der Waals surface area contributed by atoms with Gasteiger partial charge in [0.1, 0.15) is 0 Å². The summed E-state index contributed by atoms with van der Waals surface area (Å²) in [5.74, 6) is -0.506. The van der Waals surface area contributed by atoms with Crippen LogP contribution < -0.4 is 10.1 Å². The summed E-state index contributed by atoms with van der Waals surface area (Å²) in [4.78, 5) is 26.9. The zero-order valence-corrected chi connectivity index (χ0v) is 20.1. The van der Waals surface area contributed by atoms with Crippen LogP contribution in [0.3, 0.4) is 0 Å². The number of benzene rings is 2. The maximum atomic E-state index is 13.6. The molecule has 2 atom stereocenters. The summed E-state index contributed by atoms with van der Waals surface area (Å²) in [7, 11) is 1.47. The summed E-state index contributed by atoms with van der Waals surface area (Å²) >= 11 is 0. The molecule has 0 saturated heterocycles. The molecule has 2 N–H and O–H groups in total. The van der Waals surface area contributed by atoms with E-state index >= 15 is 0 Å². The zero-order chi connectivity index (χ0) is 24.4. The van der Waals surface area contributed by atoms with Crippen molar-refractivity contribution in [3.63, 3.8) is 0 Å². The molecule has 34 heavy (non-hydrogen) atoms. The molecule has 0 radical (unpaired) electrons. The van der Waals surface area contributed by atoms with E-state index in [1.807, 2.05) is 51.1 Å². The summed E-state index contributed by atoms with van der Waals surface area (Å²) in [5, 5.41) is 13.5. The Hall–Kier alpha value is -3.54. The van der Waals surface area contributed by atoms with Crippen LogP contribution in [0.25, 0.3) is 0 Å². The van der Waals surface area contributed by atoms with E-state index in [9.17, 15) is 14.7 Å². The first-order valence-electron chi connectivity index (χ1n) is 11.6. The number of phenols is 1. The van der Waals surface area contributed by atoms with Crippen molar-refractivity contribution in [3.8, 4) is 11.5 Å². The molecule has 0 aromatic heterocycles. The summed E-state index contributed by atoms with van der Waals surface area (Å²) < 4.78 is 10.9. The number of carbonyl (C=O) groups is 2. The number of phenolic OH excluding ortho intramolecular Hbond substituents is 1. The second-order valence-corrected chi connectivity index (χ2v) is 9.35. The van der Waals surface area contributed by atoms with Gasteiger partial charge in [0, 0.05) is 29.3 Å². The molecule has 0 fully saturated rings. The minimum absolute atomic E-state index is 0.00121. The lowest BCUT2D eigenvalue weighted by Gasteiger charge is -2.37. The van der Waals surface area contributed by atoms with E-state index in [4.69, 9.17) is 9.47 Å². The fraction of sp³-hybridized carbons (Fsp3) is 0.357. The first-order chi connectivity index (χ1) is 16.3. The van der Waals surface area contributed by atoms with Crippen LogP contribution in [-0.4, -0.2) is 30.6 Å². The van der Waals surface area contributed by atoms with Crippen molar-refractivity contribution in [1.82, 2.24) is 5.32 Å². The van der Waals surface area contributed by atoms with Crippen molar-refractivity contribution in [2.24, 2.45) is 5.92 Å². The number of ketones is 1. The molecule has 1 aliphatic carbocycles. The number of rotatable bonds is 6. The smallest absolute Gasteiger partial charge is 0.336 e. The Morgan fingerprint density at radius 1 is 1.12 bits per heavy atom. The number of allylic oxidation sites excluding steroid dienone is 3. The molecule has 2 aromatic carbocycles. The third kappa shape index (κ3) is 4.58. The average molecular weight is 462 g/mol. The average Bonchev–Trinajstić information content (AvgIpc) is 2.82. The number of hydrogen-bond acceptors (Lipinski definition) is 6. The Labute approximate surface area is 200 Å². The highest BCUT2D eigenvalue weighted by atomic mass is 16.5. The minimum atomic E-state index is -0.602. The van der Waals surface area contributed by atoms with Crippen molar-refractivity contribution in [2.75, 3.05) is 13.7 Å². The van der Waals surface area contributed by atoms with Crippen molar-refractivity contribution in [2.45, 2.75) is 45.4 Å². The van der Waals surface area contributed by atoms with Crippen LogP contribution in [-0.2, 0) is 14.3 Å². The van der Waals surface area contributed by atoms with E-state index in [0.717, 1.165) is 11.3 Å². The lowest BCUT2D eigenvalue weighted by Crippen LogP contribution is -2.36. The Balaban J connectivity index is 1.80. The monoisotopic (exact) mass is 461 g/mol. The van der Waals surface area contributed by atoms with Crippen LogP contribution in [0.15, 0.2) is 71.1 Å². The molecule has 6 nitrogen and oxygen atoms in total. The Morgan fingerprint density at radius 2 is 1.85 bits per heavy atom. The van der Waals surface area contributed by atoms with Crippen LogP contribution in [0.2, 0.25) is 0 Å². The maximum absolute atomic E-state index is 13.6. The van der Waals surface area contributed by atoms with E-state index in [-0.39, 0.29) is 35.7 Å². The second-order valence-electron chi connectivity index (χ2n) is 9.35. The van der Waals surface area contributed by atoms with Crippen LogP contribution in [0.4, 0.5) is 0 Å². The molecule has 6 heteroatoms. The quantitative estimate of drug-likeness (QED) is 0.592. The maximum Gasteiger partial charge on any atom is 0.336 e. The van der Waals surface area contributed by atoms with Gasteiger partial charge in [0.05, 0.1) is 19.3 Å². The van der Waals surface area contributed by atoms with Gasteiger partial charge in [-0.3, -0.25) is 4.79 Å². The van der Waals surface area contributed by atoms with Gasteiger partial charge >= 0.3 is 5.97 Å². The fourth-order valence-electron chi connectivity index (χ4n) is 4.80. The number of methoxy groups -OCH3 is 1. The number of carbonyl (C=O) groups excluding carboxylic acids is 2. The molecule has 178 valence electrons.